The van der Waals surface area contributed by atoms with Crippen LogP contribution in [0.4, 0.5) is 18.9 Å². The van der Waals surface area contributed by atoms with Crippen molar-refractivity contribution in [2.45, 2.75) is 22.4 Å². The Bertz CT molecular complexity index is 1320. The fourth-order valence-electron chi connectivity index (χ4n) is 4.26. The fraction of sp³-hybridized carbons (Fsp3) is 0.227. The number of H-pyrrole nitrogens is 1. The highest BCUT2D eigenvalue weighted by Gasteiger charge is 2.56. The first-order valence-corrected chi connectivity index (χ1v) is 11.5. The highest BCUT2D eigenvalue weighted by Crippen LogP contribution is 2.53. The molecule has 3 heterocycles. The Kier molecular flexibility index (Phi) is 5.13. The van der Waals surface area contributed by atoms with Crippen LogP contribution in [-0.2, 0) is 15.8 Å². The first-order valence-electron chi connectivity index (χ1n) is 9.77. The molecule has 3 aromatic rings. The first-order chi connectivity index (χ1) is 15.7. The monoisotopic (exact) mass is 492 g/mol. The number of hydrogen-bond donors (Lipinski definition) is 1. The van der Waals surface area contributed by atoms with E-state index < -0.39 is 40.6 Å². The van der Waals surface area contributed by atoms with Gasteiger partial charge < -0.3 is 9.72 Å². The van der Waals surface area contributed by atoms with Crippen molar-refractivity contribution in [1.82, 2.24) is 4.98 Å². The molecule has 2 aliphatic rings. The molecule has 1 fully saturated rings. The van der Waals surface area contributed by atoms with Gasteiger partial charge in [-0.2, -0.15) is 13.2 Å². The van der Waals surface area contributed by atoms with Gasteiger partial charge in [0.25, 0.3) is 0 Å². The molecule has 0 unspecified atom stereocenters. The van der Waals surface area contributed by atoms with Crippen LogP contribution in [0.1, 0.15) is 21.9 Å². The van der Waals surface area contributed by atoms with Gasteiger partial charge in [0.05, 0.1) is 29.3 Å². The van der Waals surface area contributed by atoms with Crippen LogP contribution < -0.4 is 14.5 Å². The lowest BCUT2D eigenvalue weighted by Gasteiger charge is -2.29. The van der Waals surface area contributed by atoms with Gasteiger partial charge in [-0.1, -0.05) is 41.3 Å². The molecule has 2 aromatic carbocycles. The highest BCUT2D eigenvalue weighted by molar-refractivity contribution is 8.00. The van der Waals surface area contributed by atoms with Crippen molar-refractivity contribution in [1.29, 1.82) is 0 Å². The lowest BCUT2D eigenvalue weighted by Crippen LogP contribution is -2.32. The quantitative estimate of drug-likeness (QED) is 0.553. The molecule has 1 saturated heterocycles. The molecule has 5 rings (SSSR count). The lowest BCUT2D eigenvalue weighted by molar-refractivity contribution is -0.137. The van der Waals surface area contributed by atoms with Crippen LogP contribution in [0.5, 0.6) is 5.75 Å². The third kappa shape index (κ3) is 3.55. The summed E-state index contributed by atoms with van der Waals surface area (Å²) in [6, 6.07) is 11.1. The number of hydrogen-bond acceptors (Lipinski definition) is 6. The number of nitrogens with zero attached hydrogens (tertiary/aromatic N) is 1. The second-order valence-corrected chi connectivity index (χ2v) is 9.75. The molecule has 6 nitrogen and oxygen atoms in total. The predicted molar refractivity (Wildman–Crippen MR) is 117 cm³/mol. The molecule has 0 saturated carbocycles. The van der Waals surface area contributed by atoms with E-state index in [4.69, 9.17) is 4.74 Å². The van der Waals surface area contributed by atoms with E-state index in [1.807, 2.05) is 0 Å². The number of ether oxygens (including phenoxy) is 1. The SMILES string of the molecule is COc1ccc([C@@H]2c3sc(=O)[nH]c3S[C@H]3C(=O)N(c4cccc(C(F)(F)F)c4)C(=O)[C@H]23)cc1. The molecule has 1 aromatic heterocycles. The average Bonchev–Trinajstić information content (AvgIpc) is 3.28. The molecule has 0 aliphatic carbocycles. The number of amides is 2. The zero-order valence-electron chi connectivity index (χ0n) is 16.9. The van der Waals surface area contributed by atoms with Crippen LogP contribution in [0, 0.1) is 5.92 Å². The molecule has 2 aliphatic heterocycles. The number of imide groups is 1. The minimum Gasteiger partial charge on any atom is -0.497 e. The number of benzene rings is 2. The van der Waals surface area contributed by atoms with E-state index in [1.165, 1.54) is 19.2 Å². The van der Waals surface area contributed by atoms with Gasteiger partial charge in [0.15, 0.2) is 0 Å². The van der Waals surface area contributed by atoms with Crippen molar-refractivity contribution in [2.24, 2.45) is 5.92 Å². The number of rotatable bonds is 3. The number of fused-ring (bicyclic) bond motifs is 2. The number of carbonyl (C=O) groups excluding carboxylic acids is 2. The van der Waals surface area contributed by atoms with Crippen molar-refractivity contribution in [3.63, 3.8) is 0 Å². The fourth-order valence-corrected chi connectivity index (χ4v) is 6.78. The average molecular weight is 493 g/mol. The predicted octanol–water partition coefficient (Wildman–Crippen LogP) is 4.26. The number of nitrogens with one attached hydrogen (secondary N) is 1. The molecular formula is C22H15F3N2O4S2. The van der Waals surface area contributed by atoms with E-state index in [1.54, 1.807) is 24.3 Å². The topological polar surface area (TPSA) is 79.5 Å². The lowest BCUT2D eigenvalue weighted by atomic mass is 9.83. The second kappa shape index (κ2) is 7.77. The van der Waals surface area contributed by atoms with Gasteiger partial charge in [0.1, 0.15) is 11.0 Å². The summed E-state index contributed by atoms with van der Waals surface area (Å²) in [6.45, 7) is 0. The maximum atomic E-state index is 13.5. The molecule has 2 amide bonds. The van der Waals surface area contributed by atoms with Crippen LogP contribution in [0.2, 0.25) is 0 Å². The summed E-state index contributed by atoms with van der Waals surface area (Å²) in [6.07, 6.45) is -4.61. The van der Waals surface area contributed by atoms with Gasteiger partial charge >= 0.3 is 11.0 Å². The van der Waals surface area contributed by atoms with E-state index in [2.05, 4.69) is 4.98 Å². The molecule has 170 valence electrons. The summed E-state index contributed by atoms with van der Waals surface area (Å²) < 4.78 is 44.9. The minimum absolute atomic E-state index is 0.125. The Morgan fingerprint density at radius 3 is 2.42 bits per heavy atom. The minimum atomic E-state index is -4.61. The number of thioether (sulfide) groups is 1. The summed E-state index contributed by atoms with van der Waals surface area (Å²) in [5.74, 6) is -2.07. The number of methoxy groups -OCH3 is 1. The molecule has 0 radical (unpaired) electrons. The number of anilines is 1. The number of aromatic nitrogens is 1. The van der Waals surface area contributed by atoms with E-state index >= 15 is 0 Å². The van der Waals surface area contributed by atoms with Crippen molar-refractivity contribution in [3.8, 4) is 5.75 Å². The standard InChI is InChI=1S/C22H15F3N2O4S2/c1-31-13-7-5-10(6-8-13)14-15-17(32-18-16(14)33-21(30)26-18)20(29)27(19(15)28)12-4-2-3-11(9-12)22(23,24)25/h2-9,14-15,17H,1H3,(H,26,30)/t14-,15+,17+/m0/s1. The first kappa shape index (κ1) is 21.8. The Balaban J connectivity index is 1.61. The van der Waals surface area contributed by atoms with Crippen LogP contribution in [0.3, 0.4) is 0 Å². The summed E-state index contributed by atoms with van der Waals surface area (Å²) in [5.41, 5.74) is -0.368. The molecule has 3 atom stereocenters. The van der Waals surface area contributed by atoms with Crippen molar-refractivity contribution < 1.29 is 27.5 Å². The summed E-state index contributed by atoms with van der Waals surface area (Å²) in [4.78, 5) is 42.8. The molecule has 1 N–H and O–H groups in total. The number of carbonyl (C=O) groups is 2. The summed E-state index contributed by atoms with van der Waals surface area (Å²) in [7, 11) is 1.52. The third-order valence-electron chi connectivity index (χ3n) is 5.73. The molecule has 0 spiro atoms. The maximum Gasteiger partial charge on any atom is 0.416 e. The zero-order valence-corrected chi connectivity index (χ0v) is 18.5. The second-order valence-electron chi connectivity index (χ2n) is 7.58. The Hall–Kier alpha value is -3.05. The van der Waals surface area contributed by atoms with Gasteiger partial charge in [-0.25, -0.2) is 4.90 Å². The van der Waals surface area contributed by atoms with Gasteiger partial charge in [0, 0.05) is 10.8 Å². The highest BCUT2D eigenvalue weighted by atomic mass is 32.2. The number of aromatic amines is 1. The van der Waals surface area contributed by atoms with E-state index in [9.17, 15) is 27.6 Å². The van der Waals surface area contributed by atoms with Crippen molar-refractivity contribution >= 4 is 40.6 Å². The normalized spacial score (nSPS) is 22.3. The van der Waals surface area contributed by atoms with Crippen LogP contribution in [0.25, 0.3) is 0 Å². The molecular weight excluding hydrogens is 477 g/mol. The van der Waals surface area contributed by atoms with Crippen molar-refractivity contribution in [2.75, 3.05) is 12.0 Å². The Morgan fingerprint density at radius 2 is 1.76 bits per heavy atom. The summed E-state index contributed by atoms with van der Waals surface area (Å²) >= 11 is 2.03. The molecule has 0 bridgehead atoms. The third-order valence-corrected chi connectivity index (χ3v) is 8.13. The number of alkyl halides is 3. The van der Waals surface area contributed by atoms with Gasteiger partial charge in [-0.15, -0.1) is 0 Å². The van der Waals surface area contributed by atoms with Gasteiger partial charge in [-0.3, -0.25) is 14.4 Å². The number of halogens is 3. The molecule has 11 heteroatoms. The van der Waals surface area contributed by atoms with E-state index in [-0.39, 0.29) is 10.6 Å². The number of thiazole rings is 1. The maximum absolute atomic E-state index is 13.5. The largest absolute Gasteiger partial charge is 0.497 e. The molecule has 33 heavy (non-hydrogen) atoms. The van der Waals surface area contributed by atoms with Gasteiger partial charge in [-0.05, 0) is 35.9 Å². The zero-order chi connectivity index (χ0) is 23.5. The smallest absolute Gasteiger partial charge is 0.416 e. The Morgan fingerprint density at radius 1 is 1.03 bits per heavy atom. The van der Waals surface area contributed by atoms with E-state index in [0.717, 1.165) is 40.1 Å². The Labute approximate surface area is 193 Å². The van der Waals surface area contributed by atoms with E-state index in [0.29, 0.717) is 21.2 Å². The van der Waals surface area contributed by atoms with Crippen LogP contribution >= 0.6 is 23.1 Å². The van der Waals surface area contributed by atoms with Crippen LogP contribution in [-0.4, -0.2) is 29.2 Å². The van der Waals surface area contributed by atoms with Crippen molar-refractivity contribution in [3.05, 3.63) is 74.2 Å². The van der Waals surface area contributed by atoms with Gasteiger partial charge in [0.2, 0.25) is 11.8 Å². The van der Waals surface area contributed by atoms with Crippen LogP contribution in [0.15, 0.2) is 58.4 Å². The summed E-state index contributed by atoms with van der Waals surface area (Å²) in [5, 5.41) is -0.379.